The number of hydrogen-bond acceptors (Lipinski definition) is 2. The van der Waals surface area contributed by atoms with Crippen LogP contribution in [-0.4, -0.2) is 11.6 Å². The summed E-state index contributed by atoms with van der Waals surface area (Å²) in [5.74, 6) is 0.284. The van der Waals surface area contributed by atoms with Gasteiger partial charge in [-0.25, -0.2) is 0 Å². The maximum atomic E-state index is 12.0. The third-order valence-corrected chi connectivity index (χ3v) is 3.46. The van der Waals surface area contributed by atoms with Crippen molar-refractivity contribution in [2.75, 3.05) is 0 Å². The SMILES string of the molecule is CC(C)C(=O)c1ccc2cc(C(=O)C(C)C)ccc2c1. The van der Waals surface area contributed by atoms with Crippen LogP contribution in [-0.2, 0) is 0 Å². The van der Waals surface area contributed by atoms with Gasteiger partial charge in [-0.1, -0.05) is 52.0 Å². The van der Waals surface area contributed by atoms with Crippen LogP contribution in [0.2, 0.25) is 0 Å². The van der Waals surface area contributed by atoms with Gasteiger partial charge in [-0.15, -0.1) is 0 Å². The molecule has 0 atom stereocenters. The molecule has 0 N–H and O–H groups in total. The predicted molar refractivity (Wildman–Crippen MR) is 82.3 cm³/mol. The first-order chi connectivity index (χ1) is 9.40. The van der Waals surface area contributed by atoms with E-state index in [2.05, 4.69) is 0 Å². The third-order valence-electron chi connectivity index (χ3n) is 3.46. The first-order valence-electron chi connectivity index (χ1n) is 7.02. The maximum Gasteiger partial charge on any atom is 0.165 e. The van der Waals surface area contributed by atoms with Crippen LogP contribution in [0, 0.1) is 11.8 Å². The first kappa shape index (κ1) is 14.4. The van der Waals surface area contributed by atoms with E-state index in [4.69, 9.17) is 0 Å². The summed E-state index contributed by atoms with van der Waals surface area (Å²) in [7, 11) is 0. The highest BCUT2D eigenvalue weighted by molar-refractivity contribution is 6.03. The van der Waals surface area contributed by atoms with Gasteiger partial charge in [0, 0.05) is 23.0 Å². The molecule has 2 aromatic carbocycles. The molecule has 0 aliphatic rings. The fourth-order valence-electron chi connectivity index (χ4n) is 2.22. The van der Waals surface area contributed by atoms with Crippen LogP contribution in [0.5, 0.6) is 0 Å². The van der Waals surface area contributed by atoms with E-state index in [0.29, 0.717) is 0 Å². The molecule has 0 saturated heterocycles. The number of fused-ring (bicyclic) bond motifs is 1. The Hall–Kier alpha value is -1.96. The normalized spacial score (nSPS) is 11.3. The van der Waals surface area contributed by atoms with E-state index < -0.39 is 0 Å². The number of ketones is 2. The zero-order valence-corrected chi connectivity index (χ0v) is 12.4. The molecule has 0 aromatic heterocycles. The van der Waals surface area contributed by atoms with Crippen LogP contribution in [0.1, 0.15) is 48.4 Å². The molecule has 0 saturated carbocycles. The largest absolute Gasteiger partial charge is 0.294 e. The van der Waals surface area contributed by atoms with Gasteiger partial charge in [0.2, 0.25) is 0 Å². The lowest BCUT2D eigenvalue weighted by molar-refractivity contribution is 0.0932. The van der Waals surface area contributed by atoms with Gasteiger partial charge in [-0.05, 0) is 22.9 Å². The van der Waals surface area contributed by atoms with Gasteiger partial charge in [0.15, 0.2) is 11.6 Å². The topological polar surface area (TPSA) is 34.1 Å². The van der Waals surface area contributed by atoms with Gasteiger partial charge in [-0.3, -0.25) is 9.59 Å². The van der Waals surface area contributed by atoms with E-state index in [9.17, 15) is 9.59 Å². The molecule has 20 heavy (non-hydrogen) atoms. The number of carbonyl (C=O) groups excluding carboxylic acids is 2. The zero-order chi connectivity index (χ0) is 14.9. The summed E-state index contributed by atoms with van der Waals surface area (Å²) in [6.07, 6.45) is 0. The zero-order valence-electron chi connectivity index (χ0n) is 12.4. The molecule has 0 bridgehead atoms. The number of benzene rings is 2. The average molecular weight is 268 g/mol. The fraction of sp³-hybridized carbons (Fsp3) is 0.333. The van der Waals surface area contributed by atoms with E-state index in [1.807, 2.05) is 64.1 Å². The Balaban J connectivity index is 2.45. The molecule has 0 aliphatic carbocycles. The molecule has 2 nitrogen and oxygen atoms in total. The third kappa shape index (κ3) is 2.79. The van der Waals surface area contributed by atoms with Gasteiger partial charge in [-0.2, -0.15) is 0 Å². The van der Waals surface area contributed by atoms with Crippen molar-refractivity contribution in [2.24, 2.45) is 11.8 Å². The van der Waals surface area contributed by atoms with Crippen LogP contribution >= 0.6 is 0 Å². The van der Waals surface area contributed by atoms with Gasteiger partial charge in [0.25, 0.3) is 0 Å². The summed E-state index contributed by atoms with van der Waals surface area (Å²) < 4.78 is 0. The molecule has 2 rings (SSSR count). The molecular weight excluding hydrogens is 248 g/mol. The Kier molecular flexibility index (Phi) is 4.03. The van der Waals surface area contributed by atoms with Gasteiger partial charge in [0.1, 0.15) is 0 Å². The molecule has 0 spiro atoms. The molecular formula is C18H20O2. The van der Waals surface area contributed by atoms with E-state index in [-0.39, 0.29) is 23.4 Å². The monoisotopic (exact) mass is 268 g/mol. The highest BCUT2D eigenvalue weighted by Gasteiger charge is 2.13. The van der Waals surface area contributed by atoms with Crippen LogP contribution < -0.4 is 0 Å². The molecule has 104 valence electrons. The second-order valence-corrected chi connectivity index (χ2v) is 5.81. The number of Topliss-reactive ketones (excluding diaryl/α,β-unsaturated/α-hetero) is 2. The standard InChI is InChI=1S/C18H20O2/c1-11(2)17(19)15-7-5-14-10-16(18(20)12(3)4)8-6-13(14)9-15/h5-12H,1-4H3. The molecule has 0 fully saturated rings. The Bertz CT molecular complexity index is 607. The van der Waals surface area contributed by atoms with Crippen LogP contribution in [0.3, 0.4) is 0 Å². The lowest BCUT2D eigenvalue weighted by Crippen LogP contribution is -2.08. The smallest absolute Gasteiger partial charge is 0.165 e. The highest BCUT2D eigenvalue weighted by atomic mass is 16.1. The lowest BCUT2D eigenvalue weighted by atomic mass is 9.95. The van der Waals surface area contributed by atoms with Crippen molar-refractivity contribution in [1.29, 1.82) is 0 Å². The van der Waals surface area contributed by atoms with Crippen LogP contribution in [0.15, 0.2) is 36.4 Å². The average Bonchev–Trinajstić information content (AvgIpc) is 2.44. The van der Waals surface area contributed by atoms with Gasteiger partial charge >= 0.3 is 0 Å². The molecule has 0 radical (unpaired) electrons. The van der Waals surface area contributed by atoms with Crippen molar-refractivity contribution in [1.82, 2.24) is 0 Å². The van der Waals surface area contributed by atoms with Gasteiger partial charge < -0.3 is 0 Å². The van der Waals surface area contributed by atoms with E-state index in [1.165, 1.54) is 0 Å². The predicted octanol–water partition coefficient (Wildman–Crippen LogP) is 4.52. The maximum absolute atomic E-state index is 12.0. The minimum Gasteiger partial charge on any atom is -0.294 e. The Labute approximate surface area is 119 Å². The minimum atomic E-state index is -0.00533. The molecule has 0 aliphatic heterocycles. The van der Waals surface area contributed by atoms with Crippen LogP contribution in [0.4, 0.5) is 0 Å². The summed E-state index contributed by atoms with van der Waals surface area (Å²) in [5, 5.41) is 1.99. The molecule has 0 amide bonds. The van der Waals surface area contributed by atoms with Crippen molar-refractivity contribution in [3.63, 3.8) is 0 Å². The Morgan fingerprint density at radius 2 is 1.05 bits per heavy atom. The Morgan fingerprint density at radius 1 is 0.700 bits per heavy atom. The van der Waals surface area contributed by atoms with Crippen molar-refractivity contribution >= 4 is 22.3 Å². The molecule has 0 unspecified atom stereocenters. The number of hydrogen-bond donors (Lipinski definition) is 0. The first-order valence-corrected chi connectivity index (χ1v) is 7.02. The fourth-order valence-corrected chi connectivity index (χ4v) is 2.22. The van der Waals surface area contributed by atoms with Crippen molar-refractivity contribution in [3.8, 4) is 0 Å². The number of rotatable bonds is 4. The summed E-state index contributed by atoms with van der Waals surface area (Å²) in [4.78, 5) is 24.0. The summed E-state index contributed by atoms with van der Waals surface area (Å²) in [6, 6.07) is 11.3. The molecule has 2 aromatic rings. The molecule has 2 heteroatoms. The summed E-state index contributed by atoms with van der Waals surface area (Å²) >= 11 is 0. The van der Waals surface area contributed by atoms with Crippen molar-refractivity contribution in [3.05, 3.63) is 47.5 Å². The summed E-state index contributed by atoms with van der Waals surface area (Å²) in [6.45, 7) is 7.60. The van der Waals surface area contributed by atoms with Crippen molar-refractivity contribution in [2.45, 2.75) is 27.7 Å². The number of carbonyl (C=O) groups is 2. The second-order valence-electron chi connectivity index (χ2n) is 5.81. The van der Waals surface area contributed by atoms with E-state index >= 15 is 0 Å². The summed E-state index contributed by atoms with van der Waals surface area (Å²) in [5.41, 5.74) is 1.46. The van der Waals surface area contributed by atoms with Crippen LogP contribution in [0.25, 0.3) is 10.8 Å². The van der Waals surface area contributed by atoms with Gasteiger partial charge in [0.05, 0.1) is 0 Å². The second kappa shape index (κ2) is 5.58. The van der Waals surface area contributed by atoms with E-state index in [1.54, 1.807) is 0 Å². The lowest BCUT2D eigenvalue weighted by Gasteiger charge is -2.08. The van der Waals surface area contributed by atoms with Crippen molar-refractivity contribution < 1.29 is 9.59 Å². The van der Waals surface area contributed by atoms with E-state index in [0.717, 1.165) is 21.9 Å². The molecule has 0 heterocycles. The Morgan fingerprint density at radius 3 is 1.35 bits per heavy atom. The quantitative estimate of drug-likeness (QED) is 0.764. The highest BCUT2D eigenvalue weighted by Crippen LogP contribution is 2.21. The minimum absolute atomic E-state index is 0.00533.